The Labute approximate surface area is 96.6 Å². The Hall–Kier alpha value is -1.94. The van der Waals surface area contributed by atoms with Crippen LogP contribution in [-0.2, 0) is 0 Å². The van der Waals surface area contributed by atoms with Crippen molar-refractivity contribution in [2.24, 2.45) is 0 Å². The maximum absolute atomic E-state index is 11.1. The lowest BCUT2D eigenvalue weighted by Crippen LogP contribution is -2.02. The van der Waals surface area contributed by atoms with Gasteiger partial charge in [-0.2, -0.15) is 0 Å². The van der Waals surface area contributed by atoms with Gasteiger partial charge in [0.1, 0.15) is 0 Å². The van der Waals surface area contributed by atoms with Gasteiger partial charge in [-0.3, -0.25) is 9.97 Å². The monoisotopic (exact) mass is 234 g/mol. The van der Waals surface area contributed by atoms with Crippen LogP contribution in [0.4, 0.5) is 0 Å². The Balaban J connectivity index is 2.66. The molecule has 0 atom stereocenters. The standard InChI is InChI=1S/C11H7ClN2O2/c12-8-6-13-5-7(10(8)11(15)16)9-3-1-2-4-14-9/h1-6H,(H,15,16). The molecule has 0 aromatic carbocycles. The van der Waals surface area contributed by atoms with Crippen LogP contribution in [0.5, 0.6) is 0 Å². The Morgan fingerprint density at radius 1 is 1.31 bits per heavy atom. The molecule has 0 aliphatic rings. The first kappa shape index (κ1) is 10.6. The average Bonchev–Trinajstić information content (AvgIpc) is 2.29. The van der Waals surface area contributed by atoms with E-state index in [1.807, 2.05) is 0 Å². The molecule has 4 nitrogen and oxygen atoms in total. The highest BCUT2D eigenvalue weighted by molar-refractivity contribution is 6.34. The van der Waals surface area contributed by atoms with Crippen LogP contribution < -0.4 is 0 Å². The number of halogens is 1. The highest BCUT2D eigenvalue weighted by Gasteiger charge is 2.16. The van der Waals surface area contributed by atoms with Crippen molar-refractivity contribution in [2.75, 3.05) is 0 Å². The third-order valence-corrected chi connectivity index (χ3v) is 2.34. The van der Waals surface area contributed by atoms with Crippen molar-refractivity contribution in [2.45, 2.75) is 0 Å². The lowest BCUT2D eigenvalue weighted by molar-refractivity contribution is 0.0698. The Morgan fingerprint density at radius 3 is 2.75 bits per heavy atom. The third-order valence-electron chi connectivity index (χ3n) is 2.05. The van der Waals surface area contributed by atoms with Crippen LogP contribution in [0.3, 0.4) is 0 Å². The first-order valence-corrected chi connectivity index (χ1v) is 4.86. The van der Waals surface area contributed by atoms with Gasteiger partial charge >= 0.3 is 5.97 Å². The minimum Gasteiger partial charge on any atom is -0.478 e. The van der Waals surface area contributed by atoms with Crippen LogP contribution in [-0.4, -0.2) is 21.0 Å². The second-order valence-electron chi connectivity index (χ2n) is 3.06. The van der Waals surface area contributed by atoms with E-state index in [0.29, 0.717) is 11.3 Å². The summed E-state index contributed by atoms with van der Waals surface area (Å²) in [5.74, 6) is -1.09. The molecule has 0 amide bonds. The lowest BCUT2D eigenvalue weighted by Gasteiger charge is -2.05. The van der Waals surface area contributed by atoms with Crippen molar-refractivity contribution in [3.8, 4) is 11.3 Å². The highest BCUT2D eigenvalue weighted by Crippen LogP contribution is 2.26. The highest BCUT2D eigenvalue weighted by atomic mass is 35.5. The number of pyridine rings is 2. The summed E-state index contributed by atoms with van der Waals surface area (Å²) in [5.41, 5.74) is 0.978. The van der Waals surface area contributed by atoms with Gasteiger partial charge in [-0.1, -0.05) is 17.7 Å². The average molecular weight is 235 g/mol. The van der Waals surface area contributed by atoms with E-state index in [4.69, 9.17) is 16.7 Å². The van der Waals surface area contributed by atoms with E-state index in [0.717, 1.165) is 0 Å². The van der Waals surface area contributed by atoms with Crippen LogP contribution in [0.15, 0.2) is 36.8 Å². The summed E-state index contributed by atoms with van der Waals surface area (Å²) in [5, 5.41) is 9.17. The molecule has 0 fully saturated rings. The van der Waals surface area contributed by atoms with Crippen LogP contribution in [0.2, 0.25) is 5.02 Å². The van der Waals surface area contributed by atoms with E-state index in [2.05, 4.69) is 9.97 Å². The van der Waals surface area contributed by atoms with Gasteiger partial charge in [0.05, 0.1) is 16.3 Å². The molecule has 5 heteroatoms. The summed E-state index contributed by atoms with van der Waals surface area (Å²) < 4.78 is 0. The van der Waals surface area contributed by atoms with E-state index < -0.39 is 5.97 Å². The van der Waals surface area contributed by atoms with Gasteiger partial charge in [0, 0.05) is 24.2 Å². The van der Waals surface area contributed by atoms with Gasteiger partial charge in [0.2, 0.25) is 0 Å². The molecule has 0 saturated heterocycles. The van der Waals surface area contributed by atoms with Gasteiger partial charge in [0.25, 0.3) is 0 Å². The molecular formula is C11H7ClN2O2. The Morgan fingerprint density at radius 2 is 2.12 bits per heavy atom. The number of carboxylic acid groups (broad SMARTS) is 1. The molecule has 2 aromatic rings. The molecule has 2 aromatic heterocycles. The van der Waals surface area contributed by atoms with E-state index in [9.17, 15) is 4.79 Å². The molecule has 0 aliphatic heterocycles. The molecule has 0 spiro atoms. The van der Waals surface area contributed by atoms with Crippen LogP contribution in [0.25, 0.3) is 11.3 Å². The van der Waals surface area contributed by atoms with Crippen LogP contribution in [0, 0.1) is 0 Å². The largest absolute Gasteiger partial charge is 0.478 e. The smallest absolute Gasteiger partial charge is 0.338 e. The second-order valence-corrected chi connectivity index (χ2v) is 3.47. The van der Waals surface area contributed by atoms with Crippen molar-refractivity contribution in [1.29, 1.82) is 0 Å². The van der Waals surface area contributed by atoms with Crippen molar-refractivity contribution >= 4 is 17.6 Å². The fraction of sp³-hybridized carbons (Fsp3) is 0. The second kappa shape index (κ2) is 4.28. The minimum absolute atomic E-state index is 0.0235. The summed E-state index contributed by atoms with van der Waals surface area (Å²) in [6, 6.07) is 5.23. The zero-order valence-electron chi connectivity index (χ0n) is 8.09. The molecular weight excluding hydrogens is 228 g/mol. The third kappa shape index (κ3) is 1.87. The van der Waals surface area contributed by atoms with Gasteiger partial charge in [-0.25, -0.2) is 4.79 Å². The zero-order chi connectivity index (χ0) is 11.5. The topological polar surface area (TPSA) is 63.1 Å². The molecule has 80 valence electrons. The van der Waals surface area contributed by atoms with Gasteiger partial charge in [-0.15, -0.1) is 0 Å². The molecule has 0 saturated carbocycles. The van der Waals surface area contributed by atoms with E-state index >= 15 is 0 Å². The SMILES string of the molecule is O=C(O)c1c(Cl)cncc1-c1ccccn1. The molecule has 2 heterocycles. The normalized spacial score (nSPS) is 10.1. The van der Waals surface area contributed by atoms with Crippen molar-refractivity contribution < 1.29 is 9.90 Å². The van der Waals surface area contributed by atoms with Gasteiger partial charge in [0.15, 0.2) is 0 Å². The number of carbonyl (C=O) groups is 1. The molecule has 16 heavy (non-hydrogen) atoms. The van der Waals surface area contributed by atoms with Gasteiger partial charge < -0.3 is 5.11 Å². The molecule has 0 bridgehead atoms. The number of aromatic nitrogens is 2. The number of aromatic carboxylic acids is 1. The predicted octanol–water partition coefficient (Wildman–Crippen LogP) is 2.50. The maximum Gasteiger partial charge on any atom is 0.338 e. The summed E-state index contributed by atoms with van der Waals surface area (Å²) >= 11 is 5.80. The Kier molecular flexibility index (Phi) is 2.83. The zero-order valence-corrected chi connectivity index (χ0v) is 8.85. The number of nitrogens with zero attached hydrogens (tertiary/aromatic N) is 2. The molecule has 2 rings (SSSR count). The molecule has 0 radical (unpaired) electrons. The van der Waals surface area contributed by atoms with Gasteiger partial charge in [-0.05, 0) is 12.1 Å². The first-order valence-electron chi connectivity index (χ1n) is 4.48. The summed E-state index contributed by atoms with van der Waals surface area (Å²) in [7, 11) is 0. The van der Waals surface area contributed by atoms with E-state index in [-0.39, 0.29) is 10.6 Å². The number of hydrogen-bond donors (Lipinski definition) is 1. The van der Waals surface area contributed by atoms with Crippen molar-refractivity contribution in [3.05, 3.63) is 47.4 Å². The van der Waals surface area contributed by atoms with Crippen LogP contribution in [0.1, 0.15) is 10.4 Å². The van der Waals surface area contributed by atoms with Crippen molar-refractivity contribution in [3.63, 3.8) is 0 Å². The lowest BCUT2D eigenvalue weighted by atomic mass is 10.1. The summed E-state index contributed by atoms with van der Waals surface area (Å²) in [6.45, 7) is 0. The van der Waals surface area contributed by atoms with Crippen molar-refractivity contribution in [1.82, 2.24) is 9.97 Å². The first-order chi connectivity index (χ1) is 7.70. The van der Waals surface area contributed by atoms with Crippen LogP contribution >= 0.6 is 11.6 Å². The van der Waals surface area contributed by atoms with E-state index in [1.165, 1.54) is 12.4 Å². The quantitative estimate of drug-likeness (QED) is 0.867. The maximum atomic E-state index is 11.1. The minimum atomic E-state index is -1.09. The summed E-state index contributed by atoms with van der Waals surface area (Å²) in [4.78, 5) is 19.0. The fourth-order valence-electron chi connectivity index (χ4n) is 1.37. The number of hydrogen-bond acceptors (Lipinski definition) is 3. The predicted molar refractivity (Wildman–Crippen MR) is 59.4 cm³/mol. The number of carboxylic acids is 1. The fourth-order valence-corrected chi connectivity index (χ4v) is 1.61. The molecule has 1 N–H and O–H groups in total. The number of rotatable bonds is 2. The Bertz CT molecular complexity index is 529. The van der Waals surface area contributed by atoms with E-state index in [1.54, 1.807) is 24.4 Å². The molecule has 0 unspecified atom stereocenters. The summed E-state index contributed by atoms with van der Waals surface area (Å²) in [6.07, 6.45) is 4.33. The molecule has 0 aliphatic carbocycles.